The summed E-state index contributed by atoms with van der Waals surface area (Å²) in [6.07, 6.45) is -0.342. The lowest BCUT2D eigenvalue weighted by Crippen LogP contribution is -2.55. The molecule has 0 bridgehead atoms. The van der Waals surface area contributed by atoms with Gasteiger partial charge >= 0.3 is 11.8 Å². The van der Waals surface area contributed by atoms with Crippen LogP contribution in [0, 0.1) is 10.1 Å². The van der Waals surface area contributed by atoms with Crippen LogP contribution in [-0.4, -0.2) is 52.2 Å². The zero-order valence-corrected chi connectivity index (χ0v) is 14.4. The normalized spacial score (nSPS) is 18.4. The zero-order valence-electron chi connectivity index (χ0n) is 14.4. The van der Waals surface area contributed by atoms with Crippen LogP contribution in [-0.2, 0) is 4.74 Å². The number of rotatable bonds is 2. The largest absolute Gasteiger partial charge is 0.444 e. The Bertz CT molecular complexity index is 643. The van der Waals surface area contributed by atoms with Gasteiger partial charge in [-0.3, -0.25) is 10.1 Å². The molecule has 9 nitrogen and oxygen atoms in total. The molecule has 1 aromatic heterocycles. The number of hydrogen-bond donors (Lipinski definition) is 1. The van der Waals surface area contributed by atoms with E-state index in [9.17, 15) is 14.9 Å². The highest BCUT2D eigenvalue weighted by Gasteiger charge is 2.31. The second-order valence-electron chi connectivity index (χ2n) is 6.80. The molecular formula is C15H23N5O4. The fraction of sp³-hybridized carbons (Fsp3) is 0.600. The Labute approximate surface area is 140 Å². The van der Waals surface area contributed by atoms with Gasteiger partial charge in [0.15, 0.2) is 0 Å². The summed E-state index contributed by atoms with van der Waals surface area (Å²) in [5.74, 6) is 0.452. The predicted octanol–water partition coefficient (Wildman–Crippen LogP) is 2.02. The van der Waals surface area contributed by atoms with Crippen molar-refractivity contribution in [3.63, 3.8) is 0 Å². The van der Waals surface area contributed by atoms with Gasteiger partial charge in [-0.25, -0.2) is 9.78 Å². The lowest BCUT2D eigenvalue weighted by molar-refractivity contribution is -0.384. The molecule has 9 heteroatoms. The Kier molecular flexibility index (Phi) is 4.81. The molecule has 1 aromatic rings. The Balaban J connectivity index is 2.07. The van der Waals surface area contributed by atoms with E-state index in [1.807, 2.05) is 32.6 Å². The second-order valence-corrected chi connectivity index (χ2v) is 6.80. The van der Waals surface area contributed by atoms with Gasteiger partial charge in [-0.15, -0.1) is 0 Å². The lowest BCUT2D eigenvalue weighted by atomic mass is 10.2. The molecule has 2 N–H and O–H groups in total. The van der Waals surface area contributed by atoms with Gasteiger partial charge in [-0.2, -0.15) is 0 Å². The summed E-state index contributed by atoms with van der Waals surface area (Å²) in [5.41, 5.74) is 4.90. The monoisotopic (exact) mass is 337 g/mol. The molecule has 0 unspecified atom stereocenters. The minimum absolute atomic E-state index is 0.0770. The van der Waals surface area contributed by atoms with Crippen LogP contribution in [0.15, 0.2) is 12.1 Å². The maximum absolute atomic E-state index is 12.2. The number of carbonyl (C=O) groups excluding carboxylic acids is 1. The Morgan fingerprint density at radius 3 is 2.58 bits per heavy atom. The first-order valence-electron chi connectivity index (χ1n) is 7.74. The van der Waals surface area contributed by atoms with E-state index in [4.69, 9.17) is 10.5 Å². The summed E-state index contributed by atoms with van der Waals surface area (Å²) in [6, 6.07) is 2.85. The highest BCUT2D eigenvalue weighted by molar-refractivity contribution is 5.69. The molecule has 1 amide bonds. The van der Waals surface area contributed by atoms with Crippen molar-refractivity contribution in [1.82, 2.24) is 9.88 Å². The molecule has 0 aromatic carbocycles. The van der Waals surface area contributed by atoms with Gasteiger partial charge in [0.2, 0.25) is 5.82 Å². The van der Waals surface area contributed by atoms with Crippen molar-refractivity contribution in [3.8, 4) is 0 Å². The van der Waals surface area contributed by atoms with Crippen molar-refractivity contribution in [2.24, 2.45) is 0 Å². The fourth-order valence-electron chi connectivity index (χ4n) is 2.54. The molecule has 1 atom stereocenters. The molecule has 24 heavy (non-hydrogen) atoms. The maximum atomic E-state index is 12.2. The molecule has 2 heterocycles. The summed E-state index contributed by atoms with van der Waals surface area (Å²) >= 11 is 0. The van der Waals surface area contributed by atoms with Crippen molar-refractivity contribution in [2.75, 3.05) is 30.3 Å². The number of carbonyl (C=O) groups is 1. The number of hydrogen-bond acceptors (Lipinski definition) is 7. The van der Waals surface area contributed by atoms with Crippen molar-refractivity contribution >= 4 is 23.4 Å². The first kappa shape index (κ1) is 17.8. The van der Waals surface area contributed by atoms with E-state index < -0.39 is 10.5 Å². The lowest BCUT2D eigenvalue weighted by Gasteiger charge is -2.40. The van der Waals surface area contributed by atoms with Gasteiger partial charge in [-0.05, 0) is 33.8 Å². The van der Waals surface area contributed by atoms with E-state index in [0.717, 1.165) is 0 Å². The smallest absolute Gasteiger partial charge is 0.410 e. The number of anilines is 2. The van der Waals surface area contributed by atoms with E-state index in [1.54, 1.807) is 11.0 Å². The molecule has 1 saturated heterocycles. The van der Waals surface area contributed by atoms with Crippen LogP contribution in [0.4, 0.5) is 22.1 Å². The number of nitro groups is 1. The highest BCUT2D eigenvalue weighted by atomic mass is 16.6. The number of aromatic nitrogens is 1. The minimum Gasteiger partial charge on any atom is -0.444 e. The molecule has 132 valence electrons. The van der Waals surface area contributed by atoms with Crippen LogP contribution in [0.25, 0.3) is 0 Å². The number of nitrogens with two attached hydrogens (primary N) is 1. The van der Waals surface area contributed by atoms with Crippen molar-refractivity contribution < 1.29 is 14.5 Å². The zero-order chi connectivity index (χ0) is 18.1. The molecule has 1 aliphatic heterocycles. The molecule has 0 spiro atoms. The van der Waals surface area contributed by atoms with Gasteiger partial charge in [0, 0.05) is 31.7 Å². The molecule has 2 rings (SSSR count). The predicted molar refractivity (Wildman–Crippen MR) is 89.9 cm³/mol. The first-order chi connectivity index (χ1) is 11.1. The van der Waals surface area contributed by atoms with Crippen LogP contribution in [0.2, 0.25) is 0 Å². The van der Waals surface area contributed by atoms with Crippen molar-refractivity contribution in [2.45, 2.75) is 39.3 Å². The van der Waals surface area contributed by atoms with Crippen LogP contribution in [0.5, 0.6) is 0 Å². The number of nitrogens with zero attached hydrogens (tertiary/aromatic N) is 4. The SMILES string of the molecule is C[C@@H]1CN(c2ccc([N+](=O)[O-])c(N)n2)CCN1C(=O)OC(C)(C)C. The highest BCUT2D eigenvalue weighted by Crippen LogP contribution is 2.25. The number of amides is 1. The fourth-order valence-corrected chi connectivity index (χ4v) is 2.54. The summed E-state index contributed by atoms with van der Waals surface area (Å²) in [4.78, 5) is 30.2. The van der Waals surface area contributed by atoms with Crippen LogP contribution in [0.1, 0.15) is 27.7 Å². The topological polar surface area (TPSA) is 115 Å². The number of nitrogen functional groups attached to an aromatic ring is 1. The average Bonchev–Trinajstić information content (AvgIpc) is 2.44. The van der Waals surface area contributed by atoms with Crippen LogP contribution >= 0.6 is 0 Å². The summed E-state index contributed by atoms with van der Waals surface area (Å²) < 4.78 is 5.41. The van der Waals surface area contributed by atoms with Crippen LogP contribution < -0.4 is 10.6 Å². The van der Waals surface area contributed by atoms with Gasteiger partial charge in [-0.1, -0.05) is 0 Å². The van der Waals surface area contributed by atoms with Crippen molar-refractivity contribution in [1.29, 1.82) is 0 Å². The number of ether oxygens (including phenoxy) is 1. The van der Waals surface area contributed by atoms with Gasteiger partial charge in [0.25, 0.3) is 0 Å². The molecule has 1 fully saturated rings. The maximum Gasteiger partial charge on any atom is 0.410 e. The van der Waals surface area contributed by atoms with Gasteiger partial charge in [0.05, 0.1) is 4.92 Å². The average molecular weight is 337 g/mol. The third-order valence-corrected chi connectivity index (χ3v) is 3.66. The minimum atomic E-state index is -0.560. The first-order valence-corrected chi connectivity index (χ1v) is 7.74. The standard InChI is InChI=1S/C15H23N5O4/c1-10-9-18(7-8-19(10)14(21)24-15(2,3)4)12-6-5-11(20(22)23)13(16)17-12/h5-6,10H,7-9H2,1-4H3,(H2,16,17)/t10-/m1/s1. The van der Waals surface area contributed by atoms with Crippen LogP contribution in [0.3, 0.4) is 0 Å². The third-order valence-electron chi connectivity index (χ3n) is 3.66. The number of pyridine rings is 1. The summed E-state index contributed by atoms with van der Waals surface area (Å²) in [7, 11) is 0. The number of piperazine rings is 1. The Morgan fingerprint density at radius 2 is 2.08 bits per heavy atom. The van der Waals surface area contributed by atoms with E-state index in [1.165, 1.54) is 6.07 Å². The Hall–Kier alpha value is -2.58. The van der Waals surface area contributed by atoms with Gasteiger partial charge < -0.3 is 20.3 Å². The second kappa shape index (κ2) is 6.50. The summed E-state index contributed by atoms with van der Waals surface area (Å²) in [6.45, 7) is 8.98. The quantitative estimate of drug-likeness (QED) is 0.648. The van der Waals surface area contributed by atoms with E-state index >= 15 is 0 Å². The van der Waals surface area contributed by atoms with E-state index in [-0.39, 0.29) is 23.6 Å². The Morgan fingerprint density at radius 1 is 1.42 bits per heavy atom. The molecular weight excluding hydrogens is 314 g/mol. The third kappa shape index (κ3) is 4.03. The van der Waals surface area contributed by atoms with E-state index in [0.29, 0.717) is 25.5 Å². The van der Waals surface area contributed by atoms with E-state index in [2.05, 4.69) is 4.98 Å². The van der Waals surface area contributed by atoms with Gasteiger partial charge in [0.1, 0.15) is 11.4 Å². The molecule has 1 aliphatic rings. The van der Waals surface area contributed by atoms with Crippen molar-refractivity contribution in [3.05, 3.63) is 22.2 Å². The molecule has 0 radical (unpaired) electrons. The molecule has 0 aliphatic carbocycles. The molecule has 0 saturated carbocycles. The summed E-state index contributed by atoms with van der Waals surface area (Å²) in [5, 5.41) is 10.8.